The standard InChI is InChI=1S/C26H29N3O3/c1-20-6-11-24(18-21(20)2)32-19-25(30)28-14-5-15-29(17-16-28)26(31)22-7-9-23(10-8-22)27-12-3-4-13-27/h3-4,6-13,18H,5,14-17,19H2,1-2H3. The van der Waals surface area contributed by atoms with Gasteiger partial charge < -0.3 is 19.1 Å². The molecule has 0 bridgehead atoms. The van der Waals surface area contributed by atoms with Crippen molar-refractivity contribution >= 4 is 11.8 Å². The minimum atomic E-state index is -0.0476. The van der Waals surface area contributed by atoms with Crippen LogP contribution >= 0.6 is 0 Å². The lowest BCUT2D eigenvalue weighted by Gasteiger charge is -2.22. The molecule has 0 N–H and O–H groups in total. The molecular formula is C26H29N3O3. The van der Waals surface area contributed by atoms with Crippen LogP contribution in [0.1, 0.15) is 27.9 Å². The molecule has 2 amide bonds. The number of carbonyl (C=O) groups excluding carboxylic acids is 2. The molecule has 0 spiro atoms. The number of benzene rings is 2. The van der Waals surface area contributed by atoms with Crippen molar-refractivity contribution in [3.63, 3.8) is 0 Å². The van der Waals surface area contributed by atoms with Crippen LogP contribution in [-0.2, 0) is 4.79 Å². The number of hydrogen-bond donors (Lipinski definition) is 0. The third-order valence-electron chi connectivity index (χ3n) is 5.99. The minimum Gasteiger partial charge on any atom is -0.484 e. The highest BCUT2D eigenvalue weighted by molar-refractivity contribution is 5.94. The highest BCUT2D eigenvalue weighted by Crippen LogP contribution is 2.17. The van der Waals surface area contributed by atoms with Crippen molar-refractivity contribution in [2.75, 3.05) is 32.8 Å². The van der Waals surface area contributed by atoms with E-state index in [1.54, 1.807) is 4.90 Å². The fourth-order valence-electron chi connectivity index (χ4n) is 3.88. The molecule has 6 heteroatoms. The molecule has 3 aromatic rings. The third kappa shape index (κ3) is 5.02. The van der Waals surface area contributed by atoms with E-state index in [1.165, 1.54) is 5.56 Å². The summed E-state index contributed by atoms with van der Waals surface area (Å²) >= 11 is 0. The maximum absolute atomic E-state index is 13.0. The zero-order valence-electron chi connectivity index (χ0n) is 18.7. The van der Waals surface area contributed by atoms with Gasteiger partial charge in [0.2, 0.25) is 0 Å². The number of hydrogen-bond acceptors (Lipinski definition) is 3. The van der Waals surface area contributed by atoms with Crippen LogP contribution in [0.25, 0.3) is 5.69 Å². The number of carbonyl (C=O) groups is 2. The summed E-state index contributed by atoms with van der Waals surface area (Å²) in [5, 5.41) is 0. The van der Waals surface area contributed by atoms with E-state index in [-0.39, 0.29) is 18.4 Å². The van der Waals surface area contributed by atoms with E-state index in [0.29, 0.717) is 37.5 Å². The van der Waals surface area contributed by atoms with Crippen molar-refractivity contribution in [2.45, 2.75) is 20.3 Å². The molecule has 0 radical (unpaired) electrons. The molecule has 0 atom stereocenters. The molecular weight excluding hydrogens is 402 g/mol. The Morgan fingerprint density at radius 2 is 1.53 bits per heavy atom. The fraction of sp³-hybridized carbons (Fsp3) is 0.308. The molecule has 1 saturated heterocycles. The molecule has 1 aliphatic heterocycles. The quantitative estimate of drug-likeness (QED) is 0.617. The predicted molar refractivity (Wildman–Crippen MR) is 124 cm³/mol. The lowest BCUT2D eigenvalue weighted by Crippen LogP contribution is -2.39. The van der Waals surface area contributed by atoms with E-state index in [0.717, 1.165) is 17.7 Å². The molecule has 6 nitrogen and oxygen atoms in total. The van der Waals surface area contributed by atoms with E-state index in [2.05, 4.69) is 0 Å². The normalized spacial score (nSPS) is 14.2. The van der Waals surface area contributed by atoms with Gasteiger partial charge in [0.1, 0.15) is 5.75 Å². The van der Waals surface area contributed by atoms with Crippen LogP contribution in [0, 0.1) is 13.8 Å². The maximum Gasteiger partial charge on any atom is 0.260 e. The van der Waals surface area contributed by atoms with Gasteiger partial charge in [0.25, 0.3) is 11.8 Å². The van der Waals surface area contributed by atoms with E-state index >= 15 is 0 Å². The summed E-state index contributed by atoms with van der Waals surface area (Å²) in [5.41, 5.74) is 4.02. The Morgan fingerprint density at radius 3 is 2.25 bits per heavy atom. The molecule has 0 aliphatic carbocycles. The second kappa shape index (κ2) is 9.73. The van der Waals surface area contributed by atoms with E-state index in [4.69, 9.17) is 4.74 Å². The van der Waals surface area contributed by atoms with Crippen molar-refractivity contribution in [3.8, 4) is 11.4 Å². The van der Waals surface area contributed by atoms with Crippen molar-refractivity contribution in [3.05, 3.63) is 83.7 Å². The van der Waals surface area contributed by atoms with Crippen LogP contribution in [-0.4, -0.2) is 59.0 Å². The summed E-state index contributed by atoms with van der Waals surface area (Å²) in [6.07, 6.45) is 4.70. The van der Waals surface area contributed by atoms with E-state index in [9.17, 15) is 9.59 Å². The highest BCUT2D eigenvalue weighted by Gasteiger charge is 2.23. The summed E-state index contributed by atoms with van der Waals surface area (Å²) in [5.74, 6) is 0.662. The van der Waals surface area contributed by atoms with Gasteiger partial charge in [-0.15, -0.1) is 0 Å². The van der Waals surface area contributed by atoms with Gasteiger partial charge in [-0.05, 0) is 79.9 Å². The van der Waals surface area contributed by atoms with Crippen LogP contribution in [0.3, 0.4) is 0 Å². The van der Waals surface area contributed by atoms with Crippen LogP contribution in [0.15, 0.2) is 67.0 Å². The lowest BCUT2D eigenvalue weighted by molar-refractivity contribution is -0.133. The summed E-state index contributed by atoms with van der Waals surface area (Å²) in [6.45, 7) is 6.39. The maximum atomic E-state index is 13.0. The molecule has 4 rings (SSSR count). The SMILES string of the molecule is Cc1ccc(OCC(=O)N2CCCN(C(=O)c3ccc(-n4cccc4)cc3)CC2)cc1C. The molecule has 1 aromatic heterocycles. The molecule has 1 fully saturated rings. The summed E-state index contributed by atoms with van der Waals surface area (Å²) in [6, 6.07) is 17.4. The second-order valence-corrected chi connectivity index (χ2v) is 8.20. The zero-order valence-corrected chi connectivity index (χ0v) is 18.7. The first-order chi connectivity index (χ1) is 15.5. The first-order valence-corrected chi connectivity index (χ1v) is 11.0. The zero-order chi connectivity index (χ0) is 22.5. The molecule has 2 aromatic carbocycles. The Bertz CT molecular complexity index is 1070. The number of ether oxygens (including phenoxy) is 1. The third-order valence-corrected chi connectivity index (χ3v) is 5.99. The summed E-state index contributed by atoms with van der Waals surface area (Å²) < 4.78 is 7.71. The van der Waals surface area contributed by atoms with Gasteiger partial charge in [0.05, 0.1) is 0 Å². The van der Waals surface area contributed by atoms with Gasteiger partial charge in [-0.1, -0.05) is 6.07 Å². The average Bonchev–Trinajstić information content (AvgIpc) is 3.24. The summed E-state index contributed by atoms with van der Waals surface area (Å²) in [7, 11) is 0. The number of rotatable bonds is 5. The van der Waals surface area contributed by atoms with Crippen LogP contribution in [0.4, 0.5) is 0 Å². The lowest BCUT2D eigenvalue weighted by atomic mass is 10.1. The minimum absolute atomic E-state index is 0.00438. The monoisotopic (exact) mass is 431 g/mol. The van der Waals surface area contributed by atoms with Gasteiger partial charge in [-0.25, -0.2) is 0 Å². The number of aryl methyl sites for hydroxylation is 2. The van der Waals surface area contributed by atoms with Crippen LogP contribution in [0.5, 0.6) is 5.75 Å². The number of aromatic nitrogens is 1. The molecule has 166 valence electrons. The first-order valence-electron chi connectivity index (χ1n) is 11.0. The van der Waals surface area contributed by atoms with E-state index < -0.39 is 0 Å². The van der Waals surface area contributed by atoms with Crippen molar-refractivity contribution in [1.82, 2.24) is 14.4 Å². The largest absolute Gasteiger partial charge is 0.484 e. The van der Waals surface area contributed by atoms with Crippen molar-refractivity contribution < 1.29 is 14.3 Å². The molecule has 0 saturated carbocycles. The summed E-state index contributed by atoms with van der Waals surface area (Å²) in [4.78, 5) is 29.3. The van der Waals surface area contributed by atoms with Crippen molar-refractivity contribution in [1.29, 1.82) is 0 Å². The van der Waals surface area contributed by atoms with E-state index in [1.807, 2.05) is 90.3 Å². The highest BCUT2D eigenvalue weighted by atomic mass is 16.5. The van der Waals surface area contributed by atoms with Gasteiger partial charge in [-0.3, -0.25) is 9.59 Å². The molecule has 2 heterocycles. The van der Waals surface area contributed by atoms with Gasteiger partial charge >= 0.3 is 0 Å². The van der Waals surface area contributed by atoms with Gasteiger partial charge in [0, 0.05) is 49.8 Å². The van der Waals surface area contributed by atoms with Crippen LogP contribution in [0.2, 0.25) is 0 Å². The predicted octanol–water partition coefficient (Wildman–Crippen LogP) is 3.85. The smallest absolute Gasteiger partial charge is 0.260 e. The van der Waals surface area contributed by atoms with Gasteiger partial charge in [-0.2, -0.15) is 0 Å². The second-order valence-electron chi connectivity index (χ2n) is 8.20. The van der Waals surface area contributed by atoms with Gasteiger partial charge in [0.15, 0.2) is 6.61 Å². The van der Waals surface area contributed by atoms with Crippen LogP contribution < -0.4 is 4.74 Å². The Hall–Kier alpha value is -3.54. The molecule has 1 aliphatic rings. The number of nitrogens with zero attached hydrogens (tertiary/aromatic N) is 3. The van der Waals surface area contributed by atoms with Crippen molar-refractivity contribution in [2.24, 2.45) is 0 Å². The Morgan fingerprint density at radius 1 is 0.844 bits per heavy atom. The number of amides is 2. The first kappa shape index (κ1) is 21.7. The average molecular weight is 432 g/mol. The fourth-order valence-corrected chi connectivity index (χ4v) is 3.88. The Balaban J connectivity index is 1.31. The Kier molecular flexibility index (Phi) is 6.59. The molecule has 32 heavy (non-hydrogen) atoms. The topological polar surface area (TPSA) is 54.8 Å². The molecule has 0 unspecified atom stereocenters. The Labute approximate surface area is 189 Å².